The minimum atomic E-state index is 0.121. The summed E-state index contributed by atoms with van der Waals surface area (Å²) >= 11 is 1.46. The normalized spacial score (nSPS) is 17.8. The monoisotopic (exact) mass is 239 g/mol. The lowest BCUT2D eigenvalue weighted by atomic mass is 10.1. The van der Waals surface area contributed by atoms with Gasteiger partial charge in [-0.3, -0.25) is 0 Å². The Balaban J connectivity index is 2.24. The van der Waals surface area contributed by atoms with Crippen molar-refractivity contribution in [3.8, 4) is 0 Å². The lowest BCUT2D eigenvalue weighted by Gasteiger charge is -2.22. The maximum Gasteiger partial charge on any atom is 0.114 e. The molecular weight excluding hydrogens is 222 g/mol. The van der Waals surface area contributed by atoms with Crippen LogP contribution in [0.3, 0.4) is 0 Å². The van der Waals surface area contributed by atoms with Crippen LogP contribution in [0.25, 0.3) is 0 Å². The van der Waals surface area contributed by atoms with Crippen molar-refractivity contribution in [2.75, 3.05) is 13.7 Å². The van der Waals surface area contributed by atoms with Gasteiger partial charge in [0, 0.05) is 0 Å². The fraction of sp³-hybridized carbons (Fsp3) is 0.636. The predicted octanol–water partition coefficient (Wildman–Crippen LogP) is 2.06. The first kappa shape index (κ1) is 11.5. The van der Waals surface area contributed by atoms with Crippen LogP contribution in [0.15, 0.2) is 11.8 Å². The third kappa shape index (κ3) is 2.25. The molecule has 0 amide bonds. The summed E-state index contributed by atoms with van der Waals surface area (Å²) in [6.07, 6.45) is 5.30. The number of hydrogen-bond donors (Lipinski definition) is 1. The molecule has 0 bridgehead atoms. The summed E-state index contributed by atoms with van der Waals surface area (Å²) in [5.74, 6) is 1.02. The molecule has 1 aliphatic rings. The first-order valence-electron chi connectivity index (χ1n) is 5.68. The van der Waals surface area contributed by atoms with Crippen molar-refractivity contribution in [1.29, 1.82) is 0 Å². The molecule has 88 valence electrons. The molecule has 1 unspecified atom stereocenters. The van der Waals surface area contributed by atoms with Gasteiger partial charge in [0.25, 0.3) is 0 Å². The van der Waals surface area contributed by atoms with Gasteiger partial charge in [0.05, 0.1) is 17.2 Å². The minimum Gasteiger partial charge on any atom is -0.496 e. The first-order chi connectivity index (χ1) is 7.86. The fourth-order valence-corrected chi connectivity index (χ4v) is 2.72. The van der Waals surface area contributed by atoms with Gasteiger partial charge in [-0.25, -0.2) is 0 Å². The number of aryl methyl sites for hydroxylation is 1. The van der Waals surface area contributed by atoms with Crippen molar-refractivity contribution >= 4 is 11.5 Å². The van der Waals surface area contributed by atoms with E-state index in [1.54, 1.807) is 0 Å². The van der Waals surface area contributed by atoms with Crippen molar-refractivity contribution < 1.29 is 4.74 Å². The highest BCUT2D eigenvalue weighted by molar-refractivity contribution is 7.05. The molecule has 0 saturated carbocycles. The molecule has 0 aliphatic carbocycles. The lowest BCUT2D eigenvalue weighted by molar-refractivity contribution is 0.170. The van der Waals surface area contributed by atoms with Crippen molar-refractivity contribution in [2.24, 2.45) is 0 Å². The van der Waals surface area contributed by atoms with Crippen molar-refractivity contribution in [3.05, 3.63) is 22.4 Å². The van der Waals surface area contributed by atoms with Crippen molar-refractivity contribution in [1.82, 2.24) is 14.9 Å². The molecule has 1 aromatic rings. The van der Waals surface area contributed by atoms with E-state index in [0.717, 1.165) is 37.3 Å². The standard InChI is InChI=1S/C11H17N3OS/c1-3-8-11(16-14-13-8)10(12-2)9-6-4-5-7-15-9/h6,10,12H,3-5,7H2,1-2H3. The van der Waals surface area contributed by atoms with Crippen LogP contribution < -0.4 is 5.32 Å². The van der Waals surface area contributed by atoms with Crippen LogP contribution >= 0.6 is 11.5 Å². The first-order valence-corrected chi connectivity index (χ1v) is 6.45. The van der Waals surface area contributed by atoms with Gasteiger partial charge in [0.1, 0.15) is 11.8 Å². The molecule has 2 heterocycles. The molecule has 4 nitrogen and oxygen atoms in total. The van der Waals surface area contributed by atoms with E-state index < -0.39 is 0 Å². The van der Waals surface area contributed by atoms with Crippen LogP contribution in [0.4, 0.5) is 0 Å². The van der Waals surface area contributed by atoms with Crippen molar-refractivity contribution in [2.45, 2.75) is 32.2 Å². The number of hydrogen-bond acceptors (Lipinski definition) is 5. The van der Waals surface area contributed by atoms with E-state index in [-0.39, 0.29) is 6.04 Å². The highest BCUT2D eigenvalue weighted by Gasteiger charge is 2.23. The Morgan fingerprint density at radius 1 is 1.62 bits per heavy atom. The smallest absolute Gasteiger partial charge is 0.114 e. The van der Waals surface area contributed by atoms with Crippen LogP contribution in [0, 0.1) is 0 Å². The second-order valence-corrected chi connectivity index (χ2v) is 4.54. The van der Waals surface area contributed by atoms with E-state index in [2.05, 4.69) is 27.9 Å². The summed E-state index contributed by atoms with van der Waals surface area (Å²) in [5, 5.41) is 7.43. The second kappa shape index (κ2) is 5.41. The molecule has 0 radical (unpaired) electrons. The molecule has 0 saturated heterocycles. The van der Waals surface area contributed by atoms with Crippen LogP contribution in [-0.4, -0.2) is 23.2 Å². The summed E-state index contributed by atoms with van der Waals surface area (Å²) in [6.45, 7) is 2.92. The molecule has 1 aliphatic heterocycles. The number of aromatic nitrogens is 2. The van der Waals surface area contributed by atoms with Gasteiger partial charge in [-0.15, -0.1) is 5.10 Å². The van der Waals surface area contributed by atoms with Crippen LogP contribution in [0.2, 0.25) is 0 Å². The van der Waals surface area contributed by atoms with Crippen molar-refractivity contribution in [3.63, 3.8) is 0 Å². The molecule has 2 rings (SSSR count). The Morgan fingerprint density at radius 3 is 3.12 bits per heavy atom. The van der Waals surface area contributed by atoms with E-state index in [1.807, 2.05) is 7.05 Å². The van der Waals surface area contributed by atoms with Crippen LogP contribution in [-0.2, 0) is 11.2 Å². The Labute approximate surface area is 99.9 Å². The topological polar surface area (TPSA) is 47.0 Å². The summed E-state index contributed by atoms with van der Waals surface area (Å²) < 4.78 is 9.73. The zero-order valence-corrected chi connectivity index (χ0v) is 10.5. The Morgan fingerprint density at radius 2 is 2.50 bits per heavy atom. The SMILES string of the molecule is CCc1nnsc1C(NC)C1=CCCCO1. The minimum absolute atomic E-state index is 0.121. The number of allylic oxidation sites excluding steroid dienone is 1. The number of ether oxygens (including phenoxy) is 1. The maximum atomic E-state index is 5.70. The largest absolute Gasteiger partial charge is 0.496 e. The van der Waals surface area contributed by atoms with Crippen LogP contribution in [0.5, 0.6) is 0 Å². The molecule has 0 spiro atoms. The Hall–Kier alpha value is -0.940. The molecule has 0 fully saturated rings. The van der Waals surface area contributed by atoms with Gasteiger partial charge in [0.2, 0.25) is 0 Å². The molecule has 1 aromatic heterocycles. The highest BCUT2D eigenvalue weighted by Crippen LogP contribution is 2.29. The van der Waals surface area contributed by atoms with Gasteiger partial charge < -0.3 is 10.1 Å². The Bertz CT molecular complexity index is 375. The second-order valence-electron chi connectivity index (χ2n) is 3.76. The number of rotatable bonds is 4. The Kier molecular flexibility index (Phi) is 3.90. The van der Waals surface area contributed by atoms with Gasteiger partial charge in [0.15, 0.2) is 0 Å². The van der Waals surface area contributed by atoms with E-state index >= 15 is 0 Å². The summed E-state index contributed by atoms with van der Waals surface area (Å²) in [5.41, 5.74) is 1.07. The van der Waals surface area contributed by atoms with E-state index in [0.29, 0.717) is 0 Å². The fourth-order valence-electron chi connectivity index (χ4n) is 1.86. The quantitative estimate of drug-likeness (QED) is 0.873. The average Bonchev–Trinajstić information content (AvgIpc) is 2.80. The molecule has 16 heavy (non-hydrogen) atoms. The van der Waals surface area contributed by atoms with Crippen LogP contribution in [0.1, 0.15) is 36.4 Å². The summed E-state index contributed by atoms with van der Waals surface area (Å²) in [4.78, 5) is 1.18. The van der Waals surface area contributed by atoms with Gasteiger partial charge >= 0.3 is 0 Å². The highest BCUT2D eigenvalue weighted by atomic mass is 32.1. The summed E-state index contributed by atoms with van der Waals surface area (Å²) in [7, 11) is 1.95. The number of nitrogens with zero attached hydrogens (tertiary/aromatic N) is 2. The summed E-state index contributed by atoms with van der Waals surface area (Å²) in [6, 6.07) is 0.121. The average molecular weight is 239 g/mol. The maximum absolute atomic E-state index is 5.70. The van der Waals surface area contributed by atoms with Gasteiger partial charge in [-0.2, -0.15) is 0 Å². The van der Waals surface area contributed by atoms with Gasteiger partial charge in [-0.1, -0.05) is 11.4 Å². The zero-order chi connectivity index (χ0) is 11.4. The molecule has 1 atom stereocenters. The number of nitrogens with one attached hydrogen (secondary N) is 1. The number of likely N-dealkylation sites (N-methyl/N-ethyl adjacent to an activating group) is 1. The molecule has 1 N–H and O–H groups in total. The molecule has 0 aromatic carbocycles. The predicted molar refractivity (Wildman–Crippen MR) is 64.4 cm³/mol. The van der Waals surface area contributed by atoms with E-state index in [9.17, 15) is 0 Å². The van der Waals surface area contributed by atoms with E-state index in [1.165, 1.54) is 16.4 Å². The van der Waals surface area contributed by atoms with E-state index in [4.69, 9.17) is 4.74 Å². The third-order valence-electron chi connectivity index (χ3n) is 2.72. The molecule has 5 heteroatoms. The van der Waals surface area contributed by atoms with Gasteiger partial charge in [-0.05, 0) is 43.9 Å². The third-order valence-corrected chi connectivity index (χ3v) is 3.55. The molecular formula is C11H17N3OS. The lowest BCUT2D eigenvalue weighted by Crippen LogP contribution is -2.22. The zero-order valence-electron chi connectivity index (χ0n) is 9.69.